The Labute approximate surface area is 120 Å². The van der Waals surface area contributed by atoms with Gasteiger partial charge >= 0.3 is 0 Å². The summed E-state index contributed by atoms with van der Waals surface area (Å²) in [5.74, 6) is 0.304. The summed E-state index contributed by atoms with van der Waals surface area (Å²) in [6.07, 6.45) is 3.10. The number of halogens is 1. The Balaban J connectivity index is 1.95. The zero-order valence-corrected chi connectivity index (χ0v) is 12.2. The molecule has 1 aromatic rings. The van der Waals surface area contributed by atoms with Crippen molar-refractivity contribution in [3.8, 4) is 0 Å². The maximum absolute atomic E-state index is 13.7. The van der Waals surface area contributed by atoms with Crippen LogP contribution in [-0.4, -0.2) is 18.5 Å². The third-order valence-corrected chi connectivity index (χ3v) is 4.14. The van der Waals surface area contributed by atoms with Crippen LogP contribution in [0.1, 0.15) is 44.7 Å². The van der Waals surface area contributed by atoms with Gasteiger partial charge in [-0.25, -0.2) is 4.39 Å². The molecule has 0 aromatic heterocycles. The molecule has 0 spiro atoms. The maximum atomic E-state index is 13.7. The lowest BCUT2D eigenvalue weighted by Gasteiger charge is -2.30. The zero-order valence-electron chi connectivity index (χ0n) is 12.2. The van der Waals surface area contributed by atoms with E-state index in [1.807, 2.05) is 6.92 Å². The van der Waals surface area contributed by atoms with Crippen LogP contribution < -0.4 is 10.6 Å². The van der Waals surface area contributed by atoms with E-state index in [-0.39, 0.29) is 23.8 Å². The monoisotopic (exact) mass is 278 g/mol. The predicted molar refractivity (Wildman–Crippen MR) is 77.8 cm³/mol. The van der Waals surface area contributed by atoms with Gasteiger partial charge in [-0.1, -0.05) is 31.5 Å². The van der Waals surface area contributed by atoms with Crippen LogP contribution in [0.3, 0.4) is 0 Å². The molecule has 0 aliphatic carbocycles. The van der Waals surface area contributed by atoms with Crippen molar-refractivity contribution in [1.82, 2.24) is 10.6 Å². The van der Waals surface area contributed by atoms with E-state index in [4.69, 9.17) is 0 Å². The first-order valence-corrected chi connectivity index (χ1v) is 7.40. The molecule has 4 heteroatoms. The molecule has 1 aromatic carbocycles. The molecular weight excluding hydrogens is 255 g/mol. The highest BCUT2D eigenvalue weighted by Gasteiger charge is 2.27. The van der Waals surface area contributed by atoms with E-state index in [9.17, 15) is 9.18 Å². The van der Waals surface area contributed by atoms with E-state index in [1.54, 1.807) is 18.2 Å². The number of benzene rings is 1. The first-order chi connectivity index (χ1) is 9.61. The number of hydrogen-bond acceptors (Lipinski definition) is 2. The van der Waals surface area contributed by atoms with Crippen LogP contribution in [0.4, 0.5) is 4.39 Å². The van der Waals surface area contributed by atoms with Crippen molar-refractivity contribution in [3.63, 3.8) is 0 Å². The van der Waals surface area contributed by atoms with Gasteiger partial charge in [0.25, 0.3) is 0 Å². The Morgan fingerprint density at radius 1 is 1.50 bits per heavy atom. The summed E-state index contributed by atoms with van der Waals surface area (Å²) in [7, 11) is 0. The van der Waals surface area contributed by atoms with Crippen LogP contribution in [0, 0.1) is 11.7 Å². The second kappa shape index (κ2) is 6.84. The highest BCUT2D eigenvalue weighted by molar-refractivity contribution is 5.82. The molecule has 2 N–H and O–H groups in total. The van der Waals surface area contributed by atoms with Crippen LogP contribution in [0.2, 0.25) is 0 Å². The van der Waals surface area contributed by atoms with Gasteiger partial charge in [-0.2, -0.15) is 0 Å². The lowest BCUT2D eigenvalue weighted by atomic mass is 9.90. The van der Waals surface area contributed by atoms with E-state index in [1.165, 1.54) is 6.07 Å². The smallest absolute Gasteiger partial charge is 0.237 e. The van der Waals surface area contributed by atoms with E-state index in [0.717, 1.165) is 25.8 Å². The molecule has 110 valence electrons. The lowest BCUT2D eigenvalue weighted by molar-refractivity contribution is -0.124. The minimum Gasteiger partial charge on any atom is -0.348 e. The van der Waals surface area contributed by atoms with E-state index in [2.05, 4.69) is 17.6 Å². The van der Waals surface area contributed by atoms with Crippen molar-refractivity contribution < 1.29 is 9.18 Å². The molecule has 0 radical (unpaired) electrons. The Bertz CT molecular complexity index is 464. The number of amides is 1. The van der Waals surface area contributed by atoms with Gasteiger partial charge in [0, 0.05) is 5.56 Å². The van der Waals surface area contributed by atoms with E-state index >= 15 is 0 Å². The van der Waals surface area contributed by atoms with Gasteiger partial charge in [0.05, 0.1) is 12.1 Å². The van der Waals surface area contributed by atoms with Crippen LogP contribution in [0.25, 0.3) is 0 Å². The van der Waals surface area contributed by atoms with Crippen molar-refractivity contribution in [2.75, 3.05) is 6.54 Å². The third kappa shape index (κ3) is 3.57. The number of piperidine rings is 1. The molecule has 3 unspecified atom stereocenters. The van der Waals surface area contributed by atoms with Crippen molar-refractivity contribution in [3.05, 3.63) is 35.6 Å². The molecule has 1 heterocycles. The average Bonchev–Trinajstić information content (AvgIpc) is 2.47. The molecule has 1 fully saturated rings. The largest absolute Gasteiger partial charge is 0.348 e. The molecule has 1 aliphatic rings. The highest BCUT2D eigenvalue weighted by Crippen LogP contribution is 2.21. The van der Waals surface area contributed by atoms with Crippen molar-refractivity contribution >= 4 is 5.91 Å². The van der Waals surface area contributed by atoms with Gasteiger partial charge in [0.2, 0.25) is 5.91 Å². The number of nitrogens with one attached hydrogen (secondary N) is 2. The Hall–Kier alpha value is -1.42. The lowest BCUT2D eigenvalue weighted by Crippen LogP contribution is -2.49. The van der Waals surface area contributed by atoms with Crippen LogP contribution in [0.15, 0.2) is 24.3 Å². The molecule has 0 bridgehead atoms. The van der Waals surface area contributed by atoms with Crippen molar-refractivity contribution in [1.29, 1.82) is 0 Å². The summed E-state index contributed by atoms with van der Waals surface area (Å²) in [6.45, 7) is 4.86. The fourth-order valence-corrected chi connectivity index (χ4v) is 2.78. The maximum Gasteiger partial charge on any atom is 0.237 e. The van der Waals surface area contributed by atoms with Gasteiger partial charge in [-0.15, -0.1) is 0 Å². The summed E-state index contributed by atoms with van der Waals surface area (Å²) in [5.41, 5.74) is 0.531. The molecule has 3 atom stereocenters. The summed E-state index contributed by atoms with van der Waals surface area (Å²) >= 11 is 0. The fraction of sp³-hybridized carbons (Fsp3) is 0.562. The number of hydrogen-bond donors (Lipinski definition) is 2. The quantitative estimate of drug-likeness (QED) is 0.889. The van der Waals surface area contributed by atoms with Crippen molar-refractivity contribution in [2.45, 2.75) is 45.2 Å². The van der Waals surface area contributed by atoms with Gasteiger partial charge in [-0.05, 0) is 38.3 Å². The van der Waals surface area contributed by atoms with Gasteiger partial charge < -0.3 is 10.6 Å². The summed E-state index contributed by atoms with van der Waals surface area (Å²) < 4.78 is 13.7. The molecule has 20 heavy (non-hydrogen) atoms. The summed E-state index contributed by atoms with van der Waals surface area (Å²) in [4.78, 5) is 12.3. The average molecular weight is 278 g/mol. The zero-order chi connectivity index (χ0) is 14.5. The Morgan fingerprint density at radius 2 is 2.25 bits per heavy atom. The normalized spacial score (nSPS) is 24.1. The van der Waals surface area contributed by atoms with Crippen molar-refractivity contribution in [2.24, 2.45) is 5.92 Å². The second-order valence-electron chi connectivity index (χ2n) is 5.56. The van der Waals surface area contributed by atoms with Crippen LogP contribution >= 0.6 is 0 Å². The molecule has 1 amide bonds. The summed E-state index contributed by atoms with van der Waals surface area (Å²) in [6, 6.07) is 6.11. The highest BCUT2D eigenvalue weighted by atomic mass is 19.1. The first kappa shape index (κ1) is 15.0. The molecule has 1 saturated heterocycles. The molecular formula is C16H23FN2O. The van der Waals surface area contributed by atoms with Crippen LogP contribution in [-0.2, 0) is 4.79 Å². The minimum atomic E-state index is -0.312. The fourth-order valence-electron chi connectivity index (χ4n) is 2.78. The minimum absolute atomic E-state index is 0.0288. The molecule has 2 rings (SSSR count). The van der Waals surface area contributed by atoms with E-state index < -0.39 is 0 Å². The van der Waals surface area contributed by atoms with Crippen LogP contribution in [0.5, 0.6) is 0 Å². The van der Waals surface area contributed by atoms with Gasteiger partial charge in [0.15, 0.2) is 0 Å². The number of carbonyl (C=O) groups is 1. The van der Waals surface area contributed by atoms with Gasteiger partial charge in [0.1, 0.15) is 5.82 Å². The first-order valence-electron chi connectivity index (χ1n) is 7.40. The summed E-state index contributed by atoms with van der Waals surface area (Å²) in [5, 5.41) is 6.16. The Kier molecular flexibility index (Phi) is 5.12. The molecule has 0 saturated carbocycles. The standard InChI is InChI=1S/C16H23FN2O/c1-3-12-8-9-18-15(10-12)16(20)19-11(2)13-6-4-5-7-14(13)17/h4-7,11-12,15,18H,3,8-10H2,1-2H3,(H,19,20). The predicted octanol–water partition coefficient (Wildman–Crippen LogP) is 2.78. The molecule has 3 nitrogen and oxygen atoms in total. The SMILES string of the molecule is CCC1CCNC(C(=O)NC(C)c2ccccc2F)C1. The number of carbonyl (C=O) groups excluding carboxylic acids is 1. The van der Waals surface area contributed by atoms with E-state index in [0.29, 0.717) is 11.5 Å². The topological polar surface area (TPSA) is 41.1 Å². The van der Waals surface area contributed by atoms with Gasteiger partial charge in [-0.3, -0.25) is 4.79 Å². The third-order valence-electron chi connectivity index (χ3n) is 4.14. The molecule has 1 aliphatic heterocycles. The number of rotatable bonds is 4. The Morgan fingerprint density at radius 3 is 2.95 bits per heavy atom. The second-order valence-corrected chi connectivity index (χ2v) is 5.56.